The maximum atomic E-state index is 12.4. The zero-order chi connectivity index (χ0) is 20.8. The van der Waals surface area contributed by atoms with Crippen molar-refractivity contribution in [3.05, 3.63) is 53.6 Å². The van der Waals surface area contributed by atoms with Crippen LogP contribution in [0.25, 0.3) is 0 Å². The lowest BCUT2D eigenvalue weighted by atomic mass is 9.98. The van der Waals surface area contributed by atoms with Crippen molar-refractivity contribution in [1.29, 1.82) is 0 Å². The van der Waals surface area contributed by atoms with Crippen molar-refractivity contribution >= 4 is 28.6 Å². The molecule has 1 unspecified atom stereocenters. The van der Waals surface area contributed by atoms with Crippen LogP contribution in [0.5, 0.6) is 5.75 Å². The van der Waals surface area contributed by atoms with Crippen LogP contribution in [-0.2, 0) is 4.79 Å². The van der Waals surface area contributed by atoms with E-state index in [9.17, 15) is 9.59 Å². The van der Waals surface area contributed by atoms with Crippen molar-refractivity contribution in [3.63, 3.8) is 0 Å². The summed E-state index contributed by atoms with van der Waals surface area (Å²) in [4.78, 5) is 26.5. The first-order chi connectivity index (χ1) is 13.2. The summed E-state index contributed by atoms with van der Waals surface area (Å²) in [6.07, 6.45) is -0.631. The number of amides is 2. The van der Waals surface area contributed by atoms with Crippen LogP contribution in [0, 0.1) is 6.92 Å². The minimum atomic E-state index is -0.631. The van der Waals surface area contributed by atoms with E-state index in [1.54, 1.807) is 45.3 Å². The lowest BCUT2D eigenvalue weighted by Gasteiger charge is -2.17. The molecule has 0 aliphatic rings. The molecular weight excluding hydrogens is 372 g/mol. The number of carbonyl (C=O) groups is 2. The van der Waals surface area contributed by atoms with E-state index in [0.29, 0.717) is 17.4 Å². The molecule has 2 aromatic rings. The zero-order valence-electron chi connectivity index (χ0n) is 17.3. The molecule has 150 valence electrons. The molecule has 1 atom stereocenters. The molecule has 0 spiro atoms. The number of ether oxygens (including phenoxy) is 1. The highest BCUT2D eigenvalue weighted by molar-refractivity contribution is 8.13. The Hall–Kier alpha value is -2.47. The maximum Gasteiger partial charge on any atom is 0.285 e. The van der Waals surface area contributed by atoms with Gasteiger partial charge >= 0.3 is 0 Å². The van der Waals surface area contributed by atoms with Gasteiger partial charge in [0.2, 0.25) is 0 Å². The van der Waals surface area contributed by atoms with E-state index in [4.69, 9.17) is 4.74 Å². The van der Waals surface area contributed by atoms with Gasteiger partial charge in [0.05, 0.1) is 0 Å². The second kappa shape index (κ2) is 9.64. The third-order valence-electron chi connectivity index (χ3n) is 4.24. The van der Waals surface area contributed by atoms with Crippen molar-refractivity contribution in [2.75, 3.05) is 19.4 Å². The maximum absolute atomic E-state index is 12.4. The van der Waals surface area contributed by atoms with Crippen molar-refractivity contribution < 1.29 is 14.3 Å². The van der Waals surface area contributed by atoms with Crippen molar-refractivity contribution in [2.45, 2.75) is 44.6 Å². The van der Waals surface area contributed by atoms with E-state index in [1.807, 2.05) is 25.1 Å². The van der Waals surface area contributed by atoms with Crippen LogP contribution in [-0.4, -0.2) is 36.2 Å². The number of hydrogen-bond donors (Lipinski definition) is 1. The second-order valence-electron chi connectivity index (χ2n) is 7.21. The Morgan fingerprint density at radius 3 is 2.21 bits per heavy atom. The molecule has 0 fully saturated rings. The first-order valence-electron chi connectivity index (χ1n) is 9.24. The summed E-state index contributed by atoms with van der Waals surface area (Å²) in [5, 5.41) is 2.80. The quantitative estimate of drug-likeness (QED) is 0.669. The molecule has 0 heterocycles. The number of aryl methyl sites for hydroxylation is 1. The monoisotopic (exact) mass is 400 g/mol. The van der Waals surface area contributed by atoms with E-state index in [1.165, 1.54) is 10.5 Å². The van der Waals surface area contributed by atoms with Gasteiger partial charge in [0.15, 0.2) is 6.10 Å². The van der Waals surface area contributed by atoms with Gasteiger partial charge in [-0.1, -0.05) is 19.9 Å². The highest BCUT2D eigenvalue weighted by Gasteiger charge is 2.16. The van der Waals surface area contributed by atoms with Gasteiger partial charge in [0, 0.05) is 24.7 Å². The van der Waals surface area contributed by atoms with Crippen molar-refractivity contribution in [2.24, 2.45) is 0 Å². The van der Waals surface area contributed by atoms with Gasteiger partial charge in [0.1, 0.15) is 5.75 Å². The molecule has 28 heavy (non-hydrogen) atoms. The van der Waals surface area contributed by atoms with E-state index < -0.39 is 6.10 Å². The normalized spacial score (nSPS) is 11.8. The number of anilines is 1. The number of nitrogens with one attached hydrogen (secondary N) is 1. The topological polar surface area (TPSA) is 58.6 Å². The highest BCUT2D eigenvalue weighted by atomic mass is 32.2. The van der Waals surface area contributed by atoms with E-state index in [0.717, 1.165) is 22.2 Å². The summed E-state index contributed by atoms with van der Waals surface area (Å²) in [5.74, 6) is 0.901. The van der Waals surface area contributed by atoms with Gasteiger partial charge in [-0.05, 0) is 79.1 Å². The van der Waals surface area contributed by atoms with Crippen LogP contribution in [0.1, 0.15) is 37.8 Å². The minimum Gasteiger partial charge on any atom is -0.481 e. The summed E-state index contributed by atoms with van der Waals surface area (Å²) in [5.41, 5.74) is 3.09. The van der Waals surface area contributed by atoms with Crippen molar-refractivity contribution in [3.8, 4) is 5.75 Å². The van der Waals surface area contributed by atoms with Gasteiger partial charge in [-0.25, -0.2) is 0 Å². The predicted molar refractivity (Wildman–Crippen MR) is 115 cm³/mol. The number of carbonyl (C=O) groups excluding carboxylic acids is 2. The van der Waals surface area contributed by atoms with Gasteiger partial charge < -0.3 is 15.0 Å². The van der Waals surface area contributed by atoms with Crippen molar-refractivity contribution in [1.82, 2.24) is 4.90 Å². The molecule has 2 rings (SSSR count). The van der Waals surface area contributed by atoms with Crippen LogP contribution in [0.2, 0.25) is 0 Å². The highest BCUT2D eigenvalue weighted by Crippen LogP contribution is 2.25. The minimum absolute atomic E-state index is 0.0439. The van der Waals surface area contributed by atoms with E-state index in [-0.39, 0.29) is 11.1 Å². The molecule has 0 bridgehead atoms. The fourth-order valence-corrected chi connectivity index (χ4v) is 3.33. The van der Waals surface area contributed by atoms with Gasteiger partial charge in [-0.3, -0.25) is 9.59 Å². The van der Waals surface area contributed by atoms with Crippen LogP contribution >= 0.6 is 11.8 Å². The lowest BCUT2D eigenvalue weighted by Crippen LogP contribution is -2.30. The molecule has 6 heteroatoms. The SMILES string of the molecule is Cc1cc(OC(C)C(=O)Nc2ccc(SC(=O)N(C)C)cc2)ccc1C(C)C. The second-order valence-corrected chi connectivity index (χ2v) is 8.23. The third-order valence-corrected chi connectivity index (χ3v) is 5.29. The molecule has 0 saturated carbocycles. The van der Waals surface area contributed by atoms with Gasteiger partial charge in [-0.15, -0.1) is 0 Å². The largest absolute Gasteiger partial charge is 0.481 e. The number of hydrogen-bond acceptors (Lipinski definition) is 4. The number of nitrogens with zero attached hydrogens (tertiary/aromatic N) is 1. The molecule has 1 N–H and O–H groups in total. The molecular formula is C22H28N2O3S. The summed E-state index contributed by atoms with van der Waals surface area (Å²) in [7, 11) is 3.42. The molecule has 2 amide bonds. The molecule has 0 saturated heterocycles. The van der Waals surface area contributed by atoms with Crippen LogP contribution in [0.15, 0.2) is 47.4 Å². The average Bonchev–Trinajstić information content (AvgIpc) is 2.62. The van der Waals surface area contributed by atoms with Crippen LogP contribution in [0.3, 0.4) is 0 Å². The number of thioether (sulfide) groups is 1. The van der Waals surface area contributed by atoms with Gasteiger partial charge in [0.25, 0.3) is 11.1 Å². The Labute approximate surface area is 171 Å². The first kappa shape index (κ1) is 21.8. The fraction of sp³-hybridized carbons (Fsp3) is 0.364. The molecule has 0 aliphatic carbocycles. The molecule has 0 aromatic heterocycles. The summed E-state index contributed by atoms with van der Waals surface area (Å²) < 4.78 is 5.80. The molecule has 2 aromatic carbocycles. The Morgan fingerprint density at radius 2 is 1.68 bits per heavy atom. The standard InChI is InChI=1S/C22H28N2O3S/c1-14(2)20-12-9-18(13-15(20)3)27-16(4)21(25)23-17-7-10-19(11-8-17)28-22(26)24(5)6/h7-14,16H,1-6H3,(H,23,25). The van der Waals surface area contributed by atoms with Gasteiger partial charge in [-0.2, -0.15) is 0 Å². The Kier molecular flexibility index (Phi) is 7.52. The van der Waals surface area contributed by atoms with Crippen LogP contribution in [0.4, 0.5) is 10.5 Å². The Bertz CT molecular complexity index is 832. The molecule has 0 radical (unpaired) electrons. The average molecular weight is 401 g/mol. The summed E-state index contributed by atoms with van der Waals surface area (Å²) in [6.45, 7) is 8.08. The molecule has 5 nitrogen and oxygen atoms in total. The first-order valence-corrected chi connectivity index (χ1v) is 10.1. The van der Waals surface area contributed by atoms with Crippen LogP contribution < -0.4 is 10.1 Å². The Balaban J connectivity index is 1.95. The third kappa shape index (κ3) is 6.02. The lowest BCUT2D eigenvalue weighted by molar-refractivity contribution is -0.122. The van der Waals surface area contributed by atoms with E-state index in [2.05, 4.69) is 19.2 Å². The van der Waals surface area contributed by atoms with E-state index >= 15 is 0 Å². The number of rotatable bonds is 6. The summed E-state index contributed by atoms with van der Waals surface area (Å²) in [6, 6.07) is 13.1. The molecule has 0 aliphatic heterocycles. The zero-order valence-corrected chi connectivity index (χ0v) is 18.1. The number of benzene rings is 2. The predicted octanol–water partition coefficient (Wildman–Crippen LogP) is 5.30. The summed E-state index contributed by atoms with van der Waals surface area (Å²) >= 11 is 1.14. The Morgan fingerprint density at radius 1 is 1.04 bits per heavy atom. The fourth-order valence-electron chi connectivity index (χ4n) is 2.67. The smallest absolute Gasteiger partial charge is 0.285 e.